The minimum atomic E-state index is -0.773. The summed E-state index contributed by atoms with van der Waals surface area (Å²) in [6.07, 6.45) is 1.04. The van der Waals surface area contributed by atoms with E-state index in [1.165, 1.54) is 0 Å². The van der Waals surface area contributed by atoms with Crippen molar-refractivity contribution in [2.24, 2.45) is 5.92 Å². The number of likely N-dealkylation sites (N-methyl/N-ethyl adjacent to an activating group) is 1. The smallest absolute Gasteiger partial charge is 0.306 e. The van der Waals surface area contributed by atoms with Crippen molar-refractivity contribution in [3.63, 3.8) is 0 Å². The Morgan fingerprint density at radius 2 is 1.84 bits per heavy atom. The molecule has 1 aliphatic heterocycles. The maximum absolute atomic E-state index is 12.1. The zero-order chi connectivity index (χ0) is 14.6. The molecule has 0 bridgehead atoms. The van der Waals surface area contributed by atoms with Crippen LogP contribution in [0.15, 0.2) is 0 Å². The highest BCUT2D eigenvalue weighted by Crippen LogP contribution is 2.18. The van der Waals surface area contributed by atoms with Crippen molar-refractivity contribution in [2.45, 2.75) is 32.2 Å². The van der Waals surface area contributed by atoms with Gasteiger partial charge in [-0.1, -0.05) is 0 Å². The topological polar surface area (TPSA) is 81.1 Å². The van der Waals surface area contributed by atoms with Crippen molar-refractivity contribution in [3.8, 4) is 0 Å². The Morgan fingerprint density at radius 3 is 2.26 bits per heavy atom. The fourth-order valence-corrected chi connectivity index (χ4v) is 2.01. The maximum Gasteiger partial charge on any atom is 0.306 e. The van der Waals surface area contributed by atoms with Crippen molar-refractivity contribution in [3.05, 3.63) is 0 Å². The molecule has 0 radical (unpaired) electrons. The molecule has 1 amide bonds. The molecular formula is C13H24N2O4. The summed E-state index contributed by atoms with van der Waals surface area (Å²) in [6, 6.07) is 0. The highest BCUT2D eigenvalue weighted by molar-refractivity contribution is 5.79. The molecule has 0 unspecified atom stereocenters. The normalized spacial score (nSPS) is 17.8. The molecule has 1 fully saturated rings. The molecule has 6 nitrogen and oxygen atoms in total. The fourth-order valence-electron chi connectivity index (χ4n) is 2.01. The molecule has 0 saturated carbocycles. The minimum absolute atomic E-state index is 0.00661. The molecule has 2 N–H and O–H groups in total. The number of likely N-dealkylation sites (tertiary alicyclic amines) is 1. The lowest BCUT2D eigenvalue weighted by Crippen LogP contribution is -2.51. The molecule has 110 valence electrons. The van der Waals surface area contributed by atoms with Crippen LogP contribution in [0.3, 0.4) is 0 Å². The first kappa shape index (κ1) is 15.9. The van der Waals surface area contributed by atoms with Gasteiger partial charge in [0.1, 0.15) is 0 Å². The Bertz CT molecular complexity index is 336. The Labute approximate surface area is 114 Å². The van der Waals surface area contributed by atoms with Crippen molar-refractivity contribution >= 4 is 11.9 Å². The number of hydrogen-bond acceptors (Lipinski definition) is 4. The molecule has 1 rings (SSSR count). The van der Waals surface area contributed by atoms with Crippen LogP contribution in [0.1, 0.15) is 26.7 Å². The number of carboxylic acids is 1. The standard InChI is InChI=1S/C13H24N2O4/c1-13(2,9-16)14(3)8-11(17)15-6-4-10(5-7-15)12(18)19/h10,16H,4-9H2,1-3H3,(H,18,19). The summed E-state index contributed by atoms with van der Waals surface area (Å²) in [7, 11) is 1.80. The van der Waals surface area contributed by atoms with E-state index in [0.29, 0.717) is 25.9 Å². The van der Waals surface area contributed by atoms with Crippen LogP contribution in [0.25, 0.3) is 0 Å². The molecule has 0 aromatic heterocycles. The Hall–Kier alpha value is -1.14. The number of aliphatic hydroxyl groups is 1. The number of rotatable bonds is 5. The van der Waals surface area contributed by atoms with Gasteiger partial charge in [0.05, 0.1) is 19.1 Å². The van der Waals surface area contributed by atoms with Gasteiger partial charge in [-0.25, -0.2) is 0 Å². The lowest BCUT2D eigenvalue weighted by Gasteiger charge is -2.36. The second kappa shape index (κ2) is 6.34. The summed E-state index contributed by atoms with van der Waals surface area (Å²) in [4.78, 5) is 26.5. The molecule has 0 spiro atoms. The van der Waals surface area contributed by atoms with E-state index >= 15 is 0 Å². The van der Waals surface area contributed by atoms with E-state index in [1.54, 1.807) is 11.9 Å². The third-order valence-corrected chi connectivity index (χ3v) is 3.99. The molecule has 19 heavy (non-hydrogen) atoms. The van der Waals surface area contributed by atoms with Gasteiger partial charge in [-0.15, -0.1) is 0 Å². The van der Waals surface area contributed by atoms with E-state index in [2.05, 4.69) is 0 Å². The number of carbonyl (C=O) groups is 2. The summed E-state index contributed by atoms with van der Waals surface area (Å²) in [5.41, 5.74) is -0.435. The molecule has 1 saturated heterocycles. The second-order valence-corrected chi connectivity index (χ2v) is 5.82. The quantitative estimate of drug-likeness (QED) is 0.737. The van der Waals surface area contributed by atoms with Crippen LogP contribution in [0, 0.1) is 5.92 Å². The first-order chi connectivity index (χ1) is 8.77. The summed E-state index contributed by atoms with van der Waals surface area (Å²) >= 11 is 0. The molecule has 1 heterocycles. The third-order valence-electron chi connectivity index (χ3n) is 3.99. The van der Waals surface area contributed by atoms with Crippen LogP contribution in [0.5, 0.6) is 0 Å². The van der Waals surface area contributed by atoms with E-state index in [4.69, 9.17) is 5.11 Å². The first-order valence-electron chi connectivity index (χ1n) is 6.60. The highest BCUT2D eigenvalue weighted by atomic mass is 16.4. The van der Waals surface area contributed by atoms with E-state index in [-0.39, 0.29) is 25.0 Å². The molecule has 6 heteroatoms. The van der Waals surface area contributed by atoms with Gasteiger partial charge in [-0.05, 0) is 33.7 Å². The van der Waals surface area contributed by atoms with Gasteiger partial charge >= 0.3 is 5.97 Å². The van der Waals surface area contributed by atoms with E-state index < -0.39 is 11.5 Å². The van der Waals surface area contributed by atoms with Crippen LogP contribution >= 0.6 is 0 Å². The predicted octanol–water partition coefficient (Wildman–Crippen LogP) is 0.0123. The summed E-state index contributed by atoms with van der Waals surface area (Å²) in [5.74, 6) is -1.10. The monoisotopic (exact) mass is 272 g/mol. The van der Waals surface area contributed by atoms with Crippen molar-refractivity contribution in [1.82, 2.24) is 9.80 Å². The van der Waals surface area contributed by atoms with E-state index in [0.717, 1.165) is 0 Å². The first-order valence-corrected chi connectivity index (χ1v) is 6.60. The molecule has 0 atom stereocenters. The fraction of sp³-hybridized carbons (Fsp3) is 0.846. The predicted molar refractivity (Wildman–Crippen MR) is 70.7 cm³/mol. The number of aliphatic hydroxyl groups excluding tert-OH is 1. The number of aliphatic carboxylic acids is 1. The zero-order valence-corrected chi connectivity index (χ0v) is 11.9. The maximum atomic E-state index is 12.1. The van der Waals surface area contributed by atoms with Crippen LogP contribution in [-0.2, 0) is 9.59 Å². The van der Waals surface area contributed by atoms with Crippen molar-refractivity contribution in [2.75, 3.05) is 33.3 Å². The number of carboxylic acid groups (broad SMARTS) is 1. The Balaban J connectivity index is 2.46. The van der Waals surface area contributed by atoms with Gasteiger partial charge in [-0.3, -0.25) is 14.5 Å². The highest BCUT2D eigenvalue weighted by Gasteiger charge is 2.29. The van der Waals surface area contributed by atoms with Crippen LogP contribution in [0.4, 0.5) is 0 Å². The second-order valence-electron chi connectivity index (χ2n) is 5.82. The lowest BCUT2D eigenvalue weighted by atomic mass is 9.97. The van der Waals surface area contributed by atoms with E-state index in [1.807, 2.05) is 18.7 Å². The molecular weight excluding hydrogens is 248 g/mol. The summed E-state index contributed by atoms with van der Waals surface area (Å²) < 4.78 is 0. The largest absolute Gasteiger partial charge is 0.481 e. The Morgan fingerprint density at radius 1 is 1.32 bits per heavy atom. The molecule has 0 aliphatic carbocycles. The van der Waals surface area contributed by atoms with E-state index in [9.17, 15) is 14.7 Å². The number of amides is 1. The third kappa shape index (κ3) is 4.18. The van der Waals surface area contributed by atoms with Gasteiger partial charge in [-0.2, -0.15) is 0 Å². The van der Waals surface area contributed by atoms with Gasteiger partial charge < -0.3 is 15.1 Å². The zero-order valence-electron chi connectivity index (χ0n) is 11.9. The number of carbonyl (C=O) groups excluding carboxylic acids is 1. The van der Waals surface area contributed by atoms with Crippen LogP contribution < -0.4 is 0 Å². The van der Waals surface area contributed by atoms with Crippen LogP contribution in [0.2, 0.25) is 0 Å². The van der Waals surface area contributed by atoms with Crippen molar-refractivity contribution < 1.29 is 19.8 Å². The van der Waals surface area contributed by atoms with Gasteiger partial charge in [0.15, 0.2) is 0 Å². The Kier molecular flexibility index (Phi) is 5.31. The number of piperidine rings is 1. The average Bonchev–Trinajstić information content (AvgIpc) is 2.38. The number of nitrogens with zero attached hydrogens (tertiary/aromatic N) is 2. The van der Waals surface area contributed by atoms with Gasteiger partial charge in [0.2, 0.25) is 5.91 Å². The molecule has 1 aliphatic rings. The van der Waals surface area contributed by atoms with Crippen molar-refractivity contribution in [1.29, 1.82) is 0 Å². The molecule has 0 aromatic carbocycles. The van der Waals surface area contributed by atoms with Gasteiger partial charge in [0, 0.05) is 18.6 Å². The molecule has 0 aromatic rings. The average molecular weight is 272 g/mol. The number of hydrogen-bond donors (Lipinski definition) is 2. The SMILES string of the molecule is CN(CC(=O)N1CCC(C(=O)O)CC1)C(C)(C)CO. The summed E-state index contributed by atoms with van der Waals surface area (Å²) in [6.45, 7) is 4.98. The summed E-state index contributed by atoms with van der Waals surface area (Å²) in [5, 5.41) is 18.2. The lowest BCUT2D eigenvalue weighted by molar-refractivity contribution is -0.146. The minimum Gasteiger partial charge on any atom is -0.481 e. The van der Waals surface area contributed by atoms with Gasteiger partial charge in [0.25, 0.3) is 0 Å². The van der Waals surface area contributed by atoms with Crippen LogP contribution in [-0.4, -0.2) is 70.7 Å².